The number of esters is 2. The Morgan fingerprint density at radius 3 is 1.44 bits per heavy atom. The first-order chi connectivity index (χ1) is 21.2. The van der Waals surface area contributed by atoms with Gasteiger partial charge in [-0.2, -0.15) is 0 Å². The van der Waals surface area contributed by atoms with Crippen molar-refractivity contribution in [2.45, 2.75) is 207 Å². The molecule has 8 nitrogen and oxygen atoms in total. The quantitative estimate of drug-likeness (QED) is 0.0687. The summed E-state index contributed by atoms with van der Waals surface area (Å²) in [6.07, 6.45) is 21.9. The number of nitrogens with one attached hydrogen (secondary N) is 2. The number of hydrogen-bond donors (Lipinski definition) is 2. The Bertz CT molecular complexity index is 800. The van der Waals surface area contributed by atoms with Crippen molar-refractivity contribution in [3.05, 3.63) is 0 Å². The number of amides is 2. The minimum Gasteiger partial charge on any atom is -0.460 e. The normalized spacial score (nSPS) is 12.4. The molecule has 8 heteroatoms. The number of ether oxygens (including phenoxy) is 2. The van der Waals surface area contributed by atoms with Gasteiger partial charge in [0.1, 0.15) is 17.2 Å². The molecule has 0 heterocycles. The zero-order valence-corrected chi connectivity index (χ0v) is 30.3. The molecule has 0 aromatic carbocycles. The minimum atomic E-state index is -0.813. The van der Waals surface area contributed by atoms with Crippen LogP contribution in [0.25, 0.3) is 0 Å². The molecule has 1 atom stereocenters. The van der Waals surface area contributed by atoms with Crippen molar-refractivity contribution >= 4 is 23.8 Å². The van der Waals surface area contributed by atoms with Gasteiger partial charge in [0.25, 0.3) is 0 Å². The van der Waals surface area contributed by atoms with E-state index in [-0.39, 0.29) is 36.2 Å². The molecular weight excluding hydrogens is 568 g/mol. The number of rotatable bonds is 27. The van der Waals surface area contributed by atoms with Gasteiger partial charge >= 0.3 is 11.9 Å². The van der Waals surface area contributed by atoms with Crippen LogP contribution >= 0.6 is 0 Å². The second kappa shape index (κ2) is 26.0. The van der Waals surface area contributed by atoms with E-state index in [2.05, 4.69) is 17.6 Å². The van der Waals surface area contributed by atoms with E-state index in [0.717, 1.165) is 57.8 Å². The van der Waals surface area contributed by atoms with Crippen LogP contribution in [0.5, 0.6) is 0 Å². The first-order valence-electron chi connectivity index (χ1n) is 18.2. The third-order valence-electron chi connectivity index (χ3n) is 7.49. The Morgan fingerprint density at radius 1 is 0.533 bits per heavy atom. The molecule has 45 heavy (non-hydrogen) atoms. The highest BCUT2D eigenvalue weighted by Crippen LogP contribution is 2.16. The van der Waals surface area contributed by atoms with Crippen molar-refractivity contribution in [2.75, 3.05) is 6.54 Å². The summed E-state index contributed by atoms with van der Waals surface area (Å²) < 4.78 is 10.9. The SMILES string of the molecule is CCCCCCNC(=O)CC[C@H](NC(=O)CCCCCCCCCCCCCCCCC(=O)OC(C)(C)C)C(=O)OC(C)(C)C. The van der Waals surface area contributed by atoms with E-state index in [9.17, 15) is 19.2 Å². The maximum atomic E-state index is 12.7. The van der Waals surface area contributed by atoms with Crippen LogP contribution < -0.4 is 10.6 Å². The summed E-state index contributed by atoms with van der Waals surface area (Å²) in [6, 6.07) is -0.813. The fourth-order valence-electron chi connectivity index (χ4n) is 5.10. The van der Waals surface area contributed by atoms with E-state index < -0.39 is 17.6 Å². The van der Waals surface area contributed by atoms with Gasteiger partial charge in [-0.25, -0.2) is 4.79 Å². The molecule has 0 aromatic heterocycles. The second-order valence-electron chi connectivity index (χ2n) is 14.6. The Balaban J connectivity index is 3.94. The van der Waals surface area contributed by atoms with Crippen LogP contribution in [-0.2, 0) is 28.7 Å². The smallest absolute Gasteiger partial charge is 0.329 e. The predicted molar refractivity (Wildman–Crippen MR) is 184 cm³/mol. The fraction of sp³-hybridized carbons (Fsp3) is 0.892. The molecule has 0 saturated heterocycles. The molecule has 0 aliphatic heterocycles. The van der Waals surface area contributed by atoms with Gasteiger partial charge in [0.2, 0.25) is 11.8 Å². The van der Waals surface area contributed by atoms with Gasteiger partial charge in [0.05, 0.1) is 0 Å². The molecule has 0 spiro atoms. The molecule has 0 unspecified atom stereocenters. The number of hydrogen-bond acceptors (Lipinski definition) is 6. The molecule has 0 rings (SSSR count). The lowest BCUT2D eigenvalue weighted by Gasteiger charge is -2.24. The molecule has 264 valence electrons. The lowest BCUT2D eigenvalue weighted by atomic mass is 10.0. The maximum absolute atomic E-state index is 12.7. The van der Waals surface area contributed by atoms with E-state index in [0.29, 0.717) is 19.4 Å². The van der Waals surface area contributed by atoms with Gasteiger partial charge in [-0.15, -0.1) is 0 Å². The lowest BCUT2D eigenvalue weighted by Crippen LogP contribution is -2.44. The van der Waals surface area contributed by atoms with Crippen molar-refractivity contribution in [1.82, 2.24) is 10.6 Å². The molecule has 2 N–H and O–H groups in total. The summed E-state index contributed by atoms with van der Waals surface area (Å²) >= 11 is 0. The Kier molecular flexibility index (Phi) is 24.8. The second-order valence-corrected chi connectivity index (χ2v) is 14.6. The van der Waals surface area contributed by atoms with E-state index in [1.165, 1.54) is 57.8 Å². The standard InChI is InChI=1S/C37H70N2O6/c1-8-9-10-25-30-38-32(40)29-28-31(35(43)45-37(5,6)7)39-33(41)26-23-21-19-17-15-13-11-12-14-16-18-20-22-24-27-34(42)44-36(2,3)4/h31H,8-30H2,1-7H3,(H,38,40)(H,39,41)/t31-/m0/s1. The third-order valence-corrected chi connectivity index (χ3v) is 7.49. The largest absolute Gasteiger partial charge is 0.460 e. The van der Waals surface area contributed by atoms with E-state index in [1.807, 2.05) is 20.8 Å². The molecular formula is C37H70N2O6. The maximum Gasteiger partial charge on any atom is 0.329 e. The zero-order chi connectivity index (χ0) is 34.0. The highest BCUT2D eigenvalue weighted by molar-refractivity contribution is 5.85. The highest BCUT2D eigenvalue weighted by Gasteiger charge is 2.27. The van der Waals surface area contributed by atoms with Crippen molar-refractivity contribution in [3.63, 3.8) is 0 Å². The molecule has 0 radical (unpaired) electrons. The first-order valence-corrected chi connectivity index (χ1v) is 18.2. The summed E-state index contributed by atoms with van der Waals surface area (Å²) in [4.78, 5) is 49.3. The topological polar surface area (TPSA) is 111 Å². The Morgan fingerprint density at radius 2 is 0.978 bits per heavy atom. The predicted octanol–water partition coefficient (Wildman–Crippen LogP) is 8.87. The van der Waals surface area contributed by atoms with Crippen LogP contribution in [-0.4, -0.2) is 47.5 Å². The van der Waals surface area contributed by atoms with Gasteiger partial charge in [-0.05, 0) is 67.2 Å². The highest BCUT2D eigenvalue weighted by atomic mass is 16.6. The molecule has 0 aliphatic rings. The summed E-state index contributed by atoms with van der Waals surface area (Å²) in [5, 5.41) is 5.74. The Hall–Kier alpha value is -2.12. The number of carbonyl (C=O) groups is 4. The number of unbranched alkanes of at least 4 members (excludes halogenated alkanes) is 16. The lowest BCUT2D eigenvalue weighted by molar-refractivity contribution is -0.159. The average Bonchev–Trinajstić information content (AvgIpc) is 2.93. The van der Waals surface area contributed by atoms with Crippen LogP contribution in [0, 0.1) is 0 Å². The average molecular weight is 639 g/mol. The van der Waals surface area contributed by atoms with Crippen molar-refractivity contribution in [2.24, 2.45) is 0 Å². The van der Waals surface area contributed by atoms with Crippen molar-refractivity contribution in [1.29, 1.82) is 0 Å². The van der Waals surface area contributed by atoms with Crippen LogP contribution in [0.4, 0.5) is 0 Å². The summed E-state index contributed by atoms with van der Waals surface area (Å²) in [7, 11) is 0. The van der Waals surface area contributed by atoms with E-state index in [1.54, 1.807) is 20.8 Å². The zero-order valence-electron chi connectivity index (χ0n) is 30.3. The fourth-order valence-corrected chi connectivity index (χ4v) is 5.10. The summed E-state index contributed by atoms with van der Waals surface area (Å²) in [5.74, 6) is -0.826. The van der Waals surface area contributed by atoms with Gasteiger partial charge in [0, 0.05) is 25.8 Å². The monoisotopic (exact) mass is 639 g/mol. The van der Waals surface area contributed by atoms with Crippen molar-refractivity contribution < 1.29 is 28.7 Å². The molecule has 0 aliphatic carbocycles. The molecule has 0 fully saturated rings. The minimum absolute atomic E-state index is 0.0844. The molecule has 0 saturated carbocycles. The van der Waals surface area contributed by atoms with Crippen LogP contribution in [0.2, 0.25) is 0 Å². The van der Waals surface area contributed by atoms with E-state index >= 15 is 0 Å². The molecule has 0 aromatic rings. The van der Waals surface area contributed by atoms with Crippen LogP contribution in [0.3, 0.4) is 0 Å². The first kappa shape index (κ1) is 42.9. The van der Waals surface area contributed by atoms with Gasteiger partial charge in [-0.3, -0.25) is 14.4 Å². The molecule has 0 bridgehead atoms. The summed E-state index contributed by atoms with van der Waals surface area (Å²) in [6.45, 7) is 13.9. The van der Waals surface area contributed by atoms with Gasteiger partial charge in [0.15, 0.2) is 0 Å². The number of carbonyl (C=O) groups excluding carboxylic acids is 4. The van der Waals surface area contributed by atoms with Crippen molar-refractivity contribution in [3.8, 4) is 0 Å². The van der Waals surface area contributed by atoms with E-state index in [4.69, 9.17) is 9.47 Å². The third kappa shape index (κ3) is 30.3. The Labute approximate surface area is 276 Å². The van der Waals surface area contributed by atoms with Gasteiger partial charge in [-0.1, -0.05) is 103 Å². The molecule has 2 amide bonds. The van der Waals surface area contributed by atoms with Crippen LogP contribution in [0.15, 0.2) is 0 Å². The summed E-state index contributed by atoms with van der Waals surface area (Å²) in [5.41, 5.74) is -1.05. The van der Waals surface area contributed by atoms with Crippen LogP contribution in [0.1, 0.15) is 190 Å². The van der Waals surface area contributed by atoms with Gasteiger partial charge < -0.3 is 20.1 Å².